The fraction of sp³-hybridized carbons (Fsp3) is 0.429. The maximum atomic E-state index is 10.7. The molecule has 0 spiro atoms. The van der Waals surface area contributed by atoms with Gasteiger partial charge in [0.25, 0.3) is 0 Å². The summed E-state index contributed by atoms with van der Waals surface area (Å²) < 4.78 is 0. The van der Waals surface area contributed by atoms with Gasteiger partial charge in [0.05, 0.1) is 4.99 Å². The molecule has 1 heterocycles. The Morgan fingerprint density at radius 2 is 2.60 bits per heavy atom. The normalized spacial score (nSPS) is 24.6. The largest absolute Gasteiger partial charge is 0.320 e. The third-order valence-corrected chi connectivity index (χ3v) is 1.95. The lowest BCUT2D eigenvalue weighted by Gasteiger charge is -2.00. The molecule has 1 unspecified atom stereocenters. The van der Waals surface area contributed by atoms with Crippen LogP contribution in [0, 0.1) is 5.92 Å². The van der Waals surface area contributed by atoms with Crippen LogP contribution in [0.15, 0.2) is 12.7 Å². The Bertz CT molecular complexity index is 188. The first-order valence-electron chi connectivity index (χ1n) is 3.18. The van der Waals surface area contributed by atoms with Gasteiger partial charge in [-0.2, -0.15) is 0 Å². The van der Waals surface area contributed by atoms with Gasteiger partial charge in [0, 0.05) is 12.3 Å². The van der Waals surface area contributed by atoms with Crippen molar-refractivity contribution in [2.75, 3.05) is 0 Å². The topological polar surface area (TPSA) is 29.1 Å². The zero-order valence-electron chi connectivity index (χ0n) is 5.59. The van der Waals surface area contributed by atoms with E-state index in [2.05, 4.69) is 11.9 Å². The number of amides is 1. The van der Waals surface area contributed by atoms with Crippen LogP contribution in [0.25, 0.3) is 0 Å². The Balaban J connectivity index is 2.54. The average molecular weight is 155 g/mol. The predicted octanol–water partition coefficient (Wildman–Crippen LogP) is 1.03. The Morgan fingerprint density at radius 1 is 1.90 bits per heavy atom. The van der Waals surface area contributed by atoms with Gasteiger partial charge in [0.2, 0.25) is 5.91 Å². The van der Waals surface area contributed by atoms with Crippen LogP contribution >= 0.6 is 12.2 Å². The van der Waals surface area contributed by atoms with E-state index in [1.165, 1.54) is 0 Å². The summed E-state index contributed by atoms with van der Waals surface area (Å²) in [6.45, 7) is 3.58. The second-order valence-electron chi connectivity index (χ2n) is 2.34. The van der Waals surface area contributed by atoms with Gasteiger partial charge in [0.1, 0.15) is 0 Å². The van der Waals surface area contributed by atoms with E-state index in [4.69, 9.17) is 12.2 Å². The van der Waals surface area contributed by atoms with E-state index in [0.29, 0.717) is 11.4 Å². The average Bonchev–Trinajstić information content (AvgIpc) is 2.13. The Labute approximate surface area is 65.3 Å². The third-order valence-electron chi connectivity index (χ3n) is 1.52. The first kappa shape index (κ1) is 7.41. The zero-order valence-corrected chi connectivity index (χ0v) is 6.41. The van der Waals surface area contributed by atoms with Crippen LogP contribution in [0.1, 0.15) is 12.8 Å². The highest BCUT2D eigenvalue weighted by atomic mass is 32.1. The quantitative estimate of drug-likeness (QED) is 0.476. The van der Waals surface area contributed by atoms with E-state index < -0.39 is 0 Å². The molecule has 0 radical (unpaired) electrons. The smallest absolute Gasteiger partial charge is 0.225 e. The minimum Gasteiger partial charge on any atom is -0.320 e. The summed E-state index contributed by atoms with van der Waals surface area (Å²) in [5.41, 5.74) is 0. The Hall–Kier alpha value is -0.700. The lowest BCUT2D eigenvalue weighted by atomic mass is 10.1. The van der Waals surface area contributed by atoms with Crippen molar-refractivity contribution in [1.29, 1.82) is 0 Å². The number of allylic oxidation sites excluding steroid dienone is 1. The first-order chi connectivity index (χ1) is 4.74. The van der Waals surface area contributed by atoms with Gasteiger partial charge in [-0.1, -0.05) is 18.3 Å². The maximum absolute atomic E-state index is 10.7. The molecule has 0 aromatic carbocycles. The van der Waals surface area contributed by atoms with Gasteiger partial charge in [-0.3, -0.25) is 4.79 Å². The van der Waals surface area contributed by atoms with Crippen molar-refractivity contribution in [3.8, 4) is 0 Å². The second kappa shape index (κ2) is 2.92. The molecule has 1 saturated heterocycles. The number of carbonyl (C=O) groups excluding carboxylic acids is 1. The van der Waals surface area contributed by atoms with Crippen LogP contribution in [0.4, 0.5) is 0 Å². The highest BCUT2D eigenvalue weighted by Gasteiger charge is 2.25. The second-order valence-corrected chi connectivity index (χ2v) is 2.78. The van der Waals surface area contributed by atoms with Crippen LogP contribution in [0.5, 0.6) is 0 Å². The molecule has 10 heavy (non-hydrogen) atoms. The van der Waals surface area contributed by atoms with Crippen LogP contribution in [-0.4, -0.2) is 10.9 Å². The molecule has 54 valence electrons. The molecule has 1 fully saturated rings. The molecule has 1 amide bonds. The molecule has 1 aliphatic heterocycles. The number of rotatable bonds is 2. The lowest BCUT2D eigenvalue weighted by Crippen LogP contribution is -2.19. The standard InChI is InChI=1S/C7H9NOS/c1-2-3-5-4-6(9)8-7(5)10/h2,5H,1,3-4H2,(H,8,9,10). The monoisotopic (exact) mass is 155 g/mol. The van der Waals surface area contributed by atoms with Crippen LogP contribution in [0.3, 0.4) is 0 Å². The van der Waals surface area contributed by atoms with E-state index in [1.54, 1.807) is 6.08 Å². The molecule has 0 aliphatic carbocycles. The van der Waals surface area contributed by atoms with E-state index in [1.807, 2.05) is 0 Å². The molecule has 2 nitrogen and oxygen atoms in total. The van der Waals surface area contributed by atoms with Gasteiger partial charge in [0.15, 0.2) is 0 Å². The third kappa shape index (κ3) is 1.42. The van der Waals surface area contributed by atoms with Crippen molar-refractivity contribution < 1.29 is 4.79 Å². The molecule has 1 atom stereocenters. The summed E-state index contributed by atoms with van der Waals surface area (Å²) >= 11 is 4.90. The number of thiocarbonyl (C=S) groups is 1. The van der Waals surface area contributed by atoms with Crippen molar-refractivity contribution in [2.45, 2.75) is 12.8 Å². The fourth-order valence-electron chi connectivity index (χ4n) is 0.999. The van der Waals surface area contributed by atoms with Gasteiger partial charge in [-0.25, -0.2) is 0 Å². The lowest BCUT2D eigenvalue weighted by molar-refractivity contribution is -0.118. The van der Waals surface area contributed by atoms with Gasteiger partial charge in [-0.05, 0) is 6.42 Å². The highest BCUT2D eigenvalue weighted by molar-refractivity contribution is 7.80. The maximum Gasteiger partial charge on any atom is 0.225 e. The van der Waals surface area contributed by atoms with Gasteiger partial charge >= 0.3 is 0 Å². The summed E-state index contributed by atoms with van der Waals surface area (Å²) in [7, 11) is 0. The van der Waals surface area contributed by atoms with Crippen molar-refractivity contribution in [2.24, 2.45) is 5.92 Å². The molecular formula is C7H9NOS. The van der Waals surface area contributed by atoms with Crippen molar-refractivity contribution in [3.63, 3.8) is 0 Å². The van der Waals surface area contributed by atoms with Crippen molar-refractivity contribution >= 4 is 23.1 Å². The molecular weight excluding hydrogens is 146 g/mol. The number of hydrogen-bond donors (Lipinski definition) is 1. The first-order valence-corrected chi connectivity index (χ1v) is 3.59. The summed E-state index contributed by atoms with van der Waals surface area (Å²) in [4.78, 5) is 11.4. The van der Waals surface area contributed by atoms with Crippen molar-refractivity contribution in [1.82, 2.24) is 5.32 Å². The molecule has 1 aliphatic rings. The van der Waals surface area contributed by atoms with E-state index in [0.717, 1.165) is 6.42 Å². The van der Waals surface area contributed by atoms with Crippen LogP contribution < -0.4 is 5.32 Å². The van der Waals surface area contributed by atoms with E-state index >= 15 is 0 Å². The Morgan fingerprint density at radius 3 is 3.00 bits per heavy atom. The Kier molecular flexibility index (Phi) is 2.17. The highest BCUT2D eigenvalue weighted by Crippen LogP contribution is 2.15. The van der Waals surface area contributed by atoms with E-state index in [9.17, 15) is 4.79 Å². The minimum atomic E-state index is 0.0388. The molecule has 0 saturated carbocycles. The fourth-order valence-corrected chi connectivity index (χ4v) is 1.29. The van der Waals surface area contributed by atoms with Crippen LogP contribution in [0.2, 0.25) is 0 Å². The molecule has 1 N–H and O–H groups in total. The minimum absolute atomic E-state index is 0.0388. The number of nitrogens with one attached hydrogen (secondary N) is 1. The predicted molar refractivity (Wildman–Crippen MR) is 43.7 cm³/mol. The number of hydrogen-bond acceptors (Lipinski definition) is 2. The summed E-state index contributed by atoms with van der Waals surface area (Å²) in [5, 5.41) is 2.60. The molecule has 0 aromatic heterocycles. The summed E-state index contributed by atoms with van der Waals surface area (Å²) in [6, 6.07) is 0. The SMILES string of the molecule is C=CCC1CC(=O)NC1=S. The zero-order chi connectivity index (χ0) is 7.56. The number of carbonyl (C=O) groups is 1. The molecule has 3 heteroatoms. The molecule has 1 rings (SSSR count). The molecule has 0 aromatic rings. The van der Waals surface area contributed by atoms with Gasteiger partial charge < -0.3 is 5.32 Å². The van der Waals surface area contributed by atoms with Gasteiger partial charge in [-0.15, -0.1) is 6.58 Å². The van der Waals surface area contributed by atoms with Crippen molar-refractivity contribution in [3.05, 3.63) is 12.7 Å². The molecule has 0 bridgehead atoms. The van der Waals surface area contributed by atoms with Crippen LogP contribution in [-0.2, 0) is 4.79 Å². The summed E-state index contributed by atoms with van der Waals surface area (Å²) in [5.74, 6) is 0.247. The summed E-state index contributed by atoms with van der Waals surface area (Å²) in [6.07, 6.45) is 3.12. The van der Waals surface area contributed by atoms with E-state index in [-0.39, 0.29) is 11.8 Å².